The van der Waals surface area contributed by atoms with Crippen molar-refractivity contribution in [3.05, 3.63) is 63.7 Å². The number of nitrogens with zero attached hydrogens (tertiary/aromatic N) is 2. The third kappa shape index (κ3) is 3.59. The summed E-state index contributed by atoms with van der Waals surface area (Å²) in [6.07, 6.45) is 0.741. The average Bonchev–Trinajstić information content (AvgIpc) is 3.00. The maximum Gasteiger partial charge on any atom is 0.341 e. The minimum atomic E-state index is -0.795. The van der Waals surface area contributed by atoms with Crippen molar-refractivity contribution in [1.82, 2.24) is 0 Å². The molecule has 3 rings (SSSR count). The van der Waals surface area contributed by atoms with Crippen LogP contribution in [0.15, 0.2) is 42.5 Å². The number of carbonyl (C=O) groups excluding carboxylic acids is 2. The van der Waals surface area contributed by atoms with Crippen molar-refractivity contribution in [1.29, 1.82) is 0 Å². The number of hydrogen-bond donors (Lipinski definition) is 1. The van der Waals surface area contributed by atoms with Crippen LogP contribution in [0.25, 0.3) is 0 Å². The average molecular weight is 369 g/mol. The summed E-state index contributed by atoms with van der Waals surface area (Å²) < 4.78 is 5.15. The lowest BCUT2D eigenvalue weighted by molar-refractivity contribution is -0.384. The molecule has 0 aromatic heterocycles. The summed E-state index contributed by atoms with van der Waals surface area (Å²) in [5.74, 6) is -1.13. The van der Waals surface area contributed by atoms with Gasteiger partial charge in [0, 0.05) is 36.6 Å². The van der Waals surface area contributed by atoms with E-state index in [0.717, 1.165) is 23.7 Å². The van der Waals surface area contributed by atoms with Gasteiger partial charge in [-0.25, -0.2) is 4.79 Å². The Labute approximate surface area is 155 Å². The van der Waals surface area contributed by atoms with Crippen molar-refractivity contribution in [3.63, 3.8) is 0 Å². The van der Waals surface area contributed by atoms with Gasteiger partial charge in [0.15, 0.2) is 6.61 Å². The number of nitro benzene ring substituents is 1. The predicted molar refractivity (Wildman–Crippen MR) is 100 cm³/mol. The van der Waals surface area contributed by atoms with E-state index in [2.05, 4.69) is 5.32 Å². The number of benzene rings is 2. The van der Waals surface area contributed by atoms with Crippen molar-refractivity contribution in [3.8, 4) is 0 Å². The molecule has 140 valence electrons. The molecule has 2 aromatic carbocycles. The Kier molecular flexibility index (Phi) is 5.07. The number of carbonyl (C=O) groups is 2. The van der Waals surface area contributed by atoms with Gasteiger partial charge in [-0.1, -0.05) is 18.2 Å². The van der Waals surface area contributed by atoms with Crippen LogP contribution in [0, 0.1) is 10.1 Å². The Morgan fingerprint density at radius 3 is 2.74 bits per heavy atom. The molecule has 0 saturated heterocycles. The van der Waals surface area contributed by atoms with Crippen molar-refractivity contribution in [2.75, 3.05) is 23.9 Å². The number of rotatable bonds is 5. The zero-order valence-electron chi connectivity index (χ0n) is 15.0. The Balaban J connectivity index is 1.74. The molecule has 0 saturated carbocycles. The molecular formula is C19H19N3O5. The van der Waals surface area contributed by atoms with Crippen molar-refractivity contribution >= 4 is 28.9 Å². The summed E-state index contributed by atoms with van der Waals surface area (Å²) in [6, 6.07) is 11.4. The molecule has 0 radical (unpaired) electrons. The summed E-state index contributed by atoms with van der Waals surface area (Å²) >= 11 is 0. The van der Waals surface area contributed by atoms with Crippen molar-refractivity contribution < 1.29 is 19.2 Å². The Bertz CT molecular complexity index is 912. The molecule has 1 aliphatic heterocycles. The van der Waals surface area contributed by atoms with Crippen LogP contribution in [-0.2, 0) is 16.0 Å². The zero-order valence-corrected chi connectivity index (χ0v) is 15.0. The lowest BCUT2D eigenvalue weighted by Crippen LogP contribution is -2.38. The van der Waals surface area contributed by atoms with Crippen LogP contribution in [0.4, 0.5) is 17.1 Å². The van der Waals surface area contributed by atoms with Gasteiger partial charge in [-0.05, 0) is 31.0 Å². The number of nitrogens with one attached hydrogen (secondary N) is 1. The molecular weight excluding hydrogens is 350 g/mol. The van der Waals surface area contributed by atoms with Gasteiger partial charge in [-0.3, -0.25) is 14.9 Å². The SMILES string of the molecule is CNc1ccc([N+](=O)[O-])cc1C(=O)OCC(=O)N1c2ccccc2C[C@@H]1C. The fourth-order valence-electron chi connectivity index (χ4n) is 3.25. The number of non-ortho nitro benzene ring substituents is 1. The summed E-state index contributed by atoms with van der Waals surface area (Å²) in [5.41, 5.74) is 2.06. The van der Waals surface area contributed by atoms with Crippen LogP contribution in [0.1, 0.15) is 22.8 Å². The van der Waals surface area contributed by atoms with Crippen LogP contribution in [-0.4, -0.2) is 36.5 Å². The molecule has 1 atom stereocenters. The van der Waals surface area contributed by atoms with Gasteiger partial charge in [-0.15, -0.1) is 0 Å². The Morgan fingerprint density at radius 1 is 1.30 bits per heavy atom. The first kappa shape index (κ1) is 18.4. The Hall–Kier alpha value is -3.42. The number of para-hydroxylation sites is 1. The van der Waals surface area contributed by atoms with Gasteiger partial charge in [0.05, 0.1) is 10.5 Å². The number of amides is 1. The van der Waals surface area contributed by atoms with Crippen LogP contribution in [0.3, 0.4) is 0 Å². The fraction of sp³-hybridized carbons (Fsp3) is 0.263. The number of fused-ring (bicyclic) bond motifs is 1. The molecule has 0 bridgehead atoms. The highest BCUT2D eigenvalue weighted by atomic mass is 16.6. The van der Waals surface area contributed by atoms with E-state index in [9.17, 15) is 19.7 Å². The second-order valence-corrected chi connectivity index (χ2v) is 6.26. The second kappa shape index (κ2) is 7.45. The van der Waals surface area contributed by atoms with Crippen LogP contribution >= 0.6 is 0 Å². The lowest BCUT2D eigenvalue weighted by Gasteiger charge is -2.22. The second-order valence-electron chi connectivity index (χ2n) is 6.26. The standard InChI is InChI=1S/C19H19N3O5/c1-12-9-13-5-3-4-6-17(13)21(12)18(23)11-27-19(24)15-10-14(22(25)26)7-8-16(15)20-2/h3-8,10,12,20H,9,11H2,1-2H3/t12-/m0/s1. The summed E-state index contributed by atoms with van der Waals surface area (Å²) in [5, 5.41) is 13.7. The normalized spacial score (nSPS) is 15.2. The smallest absolute Gasteiger partial charge is 0.341 e. The molecule has 1 N–H and O–H groups in total. The molecule has 27 heavy (non-hydrogen) atoms. The van der Waals surface area contributed by atoms with E-state index in [1.54, 1.807) is 11.9 Å². The summed E-state index contributed by atoms with van der Waals surface area (Å²) in [7, 11) is 1.59. The Morgan fingerprint density at radius 2 is 2.04 bits per heavy atom. The molecule has 8 heteroatoms. The van der Waals surface area contributed by atoms with Crippen LogP contribution < -0.4 is 10.2 Å². The molecule has 1 heterocycles. The van der Waals surface area contributed by atoms with E-state index in [-0.39, 0.29) is 23.2 Å². The number of ether oxygens (including phenoxy) is 1. The van der Waals surface area contributed by atoms with Gasteiger partial charge in [0.25, 0.3) is 11.6 Å². The molecule has 0 aliphatic carbocycles. The molecule has 0 unspecified atom stereocenters. The highest BCUT2D eigenvalue weighted by molar-refractivity contribution is 6.01. The monoisotopic (exact) mass is 369 g/mol. The van der Waals surface area contributed by atoms with Gasteiger partial charge >= 0.3 is 5.97 Å². The number of esters is 1. The summed E-state index contributed by atoms with van der Waals surface area (Å²) in [6.45, 7) is 1.49. The first-order valence-electron chi connectivity index (χ1n) is 8.45. The highest BCUT2D eigenvalue weighted by Crippen LogP contribution is 2.32. The van der Waals surface area contributed by atoms with E-state index in [0.29, 0.717) is 5.69 Å². The van der Waals surface area contributed by atoms with Crippen LogP contribution in [0.2, 0.25) is 0 Å². The molecule has 0 spiro atoms. The third-order valence-electron chi connectivity index (χ3n) is 4.51. The maximum absolute atomic E-state index is 12.6. The van der Waals surface area contributed by atoms with Crippen LogP contribution in [0.5, 0.6) is 0 Å². The van der Waals surface area contributed by atoms with E-state index in [1.807, 2.05) is 31.2 Å². The number of hydrogen-bond acceptors (Lipinski definition) is 6. The minimum Gasteiger partial charge on any atom is -0.452 e. The van der Waals surface area contributed by atoms with Gasteiger partial charge < -0.3 is 15.0 Å². The van der Waals surface area contributed by atoms with E-state index < -0.39 is 17.5 Å². The molecule has 0 fully saturated rings. The largest absolute Gasteiger partial charge is 0.452 e. The minimum absolute atomic E-state index is 0.00868. The maximum atomic E-state index is 12.6. The van der Waals surface area contributed by atoms with E-state index in [1.165, 1.54) is 12.1 Å². The molecule has 1 amide bonds. The van der Waals surface area contributed by atoms with E-state index >= 15 is 0 Å². The first-order chi connectivity index (χ1) is 12.9. The molecule has 1 aliphatic rings. The quantitative estimate of drug-likeness (QED) is 0.494. The van der Waals surface area contributed by atoms with Gasteiger partial charge in [0.2, 0.25) is 0 Å². The third-order valence-corrected chi connectivity index (χ3v) is 4.51. The molecule has 2 aromatic rings. The highest BCUT2D eigenvalue weighted by Gasteiger charge is 2.31. The predicted octanol–water partition coefficient (Wildman–Crippen LogP) is 2.77. The van der Waals surface area contributed by atoms with Gasteiger partial charge in [-0.2, -0.15) is 0 Å². The fourth-order valence-corrected chi connectivity index (χ4v) is 3.25. The number of anilines is 2. The summed E-state index contributed by atoms with van der Waals surface area (Å²) in [4.78, 5) is 37.0. The number of nitro groups is 1. The molecule has 8 nitrogen and oxygen atoms in total. The van der Waals surface area contributed by atoms with Gasteiger partial charge in [0.1, 0.15) is 0 Å². The van der Waals surface area contributed by atoms with Crippen molar-refractivity contribution in [2.24, 2.45) is 0 Å². The van der Waals surface area contributed by atoms with E-state index in [4.69, 9.17) is 4.74 Å². The van der Waals surface area contributed by atoms with Crippen molar-refractivity contribution in [2.45, 2.75) is 19.4 Å². The lowest BCUT2D eigenvalue weighted by atomic mass is 10.1. The zero-order chi connectivity index (χ0) is 19.6. The topological polar surface area (TPSA) is 102 Å². The first-order valence-corrected chi connectivity index (χ1v) is 8.45.